The van der Waals surface area contributed by atoms with Crippen molar-refractivity contribution in [2.24, 2.45) is 11.8 Å². The number of tetrazole rings is 1. The van der Waals surface area contributed by atoms with Crippen LogP contribution in [0.3, 0.4) is 0 Å². The summed E-state index contributed by atoms with van der Waals surface area (Å²) in [6.07, 6.45) is 10.2. The van der Waals surface area contributed by atoms with Gasteiger partial charge in [0.25, 0.3) is 0 Å². The van der Waals surface area contributed by atoms with Gasteiger partial charge in [0.15, 0.2) is 5.78 Å². The van der Waals surface area contributed by atoms with E-state index in [4.69, 9.17) is 0 Å². The van der Waals surface area contributed by atoms with Gasteiger partial charge in [-0.1, -0.05) is 31.4 Å². The standard InChI is InChI=1S/C22H27N5O/c28-20-16-8-7-15(21-23-25-26-24-21)12-18(16)22-9-2-1-6-17(22)19(20)27(11-10-22)13-14-4-3-5-14/h7-8,12,14,17,19H,1-6,9-11,13H2,(H,23,24,25,26)/t17-,19-,22+/m0/s1. The first-order valence-electron chi connectivity index (χ1n) is 10.9. The molecule has 2 heterocycles. The van der Waals surface area contributed by atoms with Gasteiger partial charge in [-0.15, -0.1) is 10.2 Å². The number of Topliss-reactive ketones (excluding diaryl/α,β-unsaturated/α-hetero) is 1. The molecule has 1 aromatic carbocycles. The quantitative estimate of drug-likeness (QED) is 0.888. The van der Waals surface area contributed by atoms with E-state index < -0.39 is 0 Å². The monoisotopic (exact) mass is 377 g/mol. The third-order valence-electron chi connectivity index (χ3n) is 8.13. The van der Waals surface area contributed by atoms with Gasteiger partial charge < -0.3 is 0 Å². The summed E-state index contributed by atoms with van der Waals surface area (Å²) in [5.74, 6) is 2.25. The first kappa shape index (κ1) is 16.8. The third-order valence-corrected chi connectivity index (χ3v) is 8.13. The first-order valence-corrected chi connectivity index (χ1v) is 10.9. The highest BCUT2D eigenvalue weighted by molar-refractivity contribution is 6.04. The van der Waals surface area contributed by atoms with Crippen LogP contribution in [-0.2, 0) is 5.41 Å². The Morgan fingerprint density at radius 1 is 1.14 bits per heavy atom. The van der Waals surface area contributed by atoms with Gasteiger partial charge in [0.2, 0.25) is 5.82 Å². The molecule has 0 unspecified atom stereocenters. The smallest absolute Gasteiger partial charge is 0.204 e. The lowest BCUT2D eigenvalue weighted by Gasteiger charge is -2.58. The maximum absolute atomic E-state index is 13.7. The lowest BCUT2D eigenvalue weighted by atomic mass is 9.52. The average Bonchev–Trinajstić information content (AvgIpc) is 3.23. The maximum Gasteiger partial charge on any atom is 0.204 e. The van der Waals surface area contributed by atoms with Gasteiger partial charge in [-0.05, 0) is 67.3 Å². The van der Waals surface area contributed by atoms with E-state index >= 15 is 0 Å². The fourth-order valence-electron chi connectivity index (χ4n) is 6.56. The van der Waals surface area contributed by atoms with Gasteiger partial charge in [-0.2, -0.15) is 5.21 Å². The molecule has 1 saturated heterocycles. The van der Waals surface area contributed by atoms with E-state index in [0.29, 0.717) is 17.5 Å². The molecule has 0 spiro atoms. The van der Waals surface area contributed by atoms with Crippen LogP contribution in [0.25, 0.3) is 11.4 Å². The summed E-state index contributed by atoms with van der Waals surface area (Å²) in [5, 5.41) is 14.6. The summed E-state index contributed by atoms with van der Waals surface area (Å²) < 4.78 is 0. The Balaban J connectivity index is 1.45. The number of carbonyl (C=O) groups is 1. The Morgan fingerprint density at radius 2 is 2.07 bits per heavy atom. The molecule has 1 aliphatic heterocycles. The largest absolute Gasteiger partial charge is 0.293 e. The number of hydrogen-bond acceptors (Lipinski definition) is 5. The van der Waals surface area contributed by atoms with Crippen molar-refractivity contribution in [2.75, 3.05) is 13.1 Å². The van der Waals surface area contributed by atoms with Gasteiger partial charge in [-0.25, -0.2) is 0 Å². The maximum atomic E-state index is 13.7. The van der Waals surface area contributed by atoms with Crippen molar-refractivity contribution in [1.29, 1.82) is 0 Å². The Labute approximate surface area is 165 Å². The van der Waals surface area contributed by atoms with E-state index in [0.717, 1.165) is 30.1 Å². The number of likely N-dealkylation sites (tertiary alicyclic amines) is 1. The molecule has 0 radical (unpaired) electrons. The van der Waals surface area contributed by atoms with Gasteiger partial charge in [0, 0.05) is 23.1 Å². The van der Waals surface area contributed by atoms with Crippen LogP contribution in [0.5, 0.6) is 0 Å². The molecule has 3 fully saturated rings. The van der Waals surface area contributed by atoms with E-state index in [9.17, 15) is 4.79 Å². The van der Waals surface area contributed by atoms with Gasteiger partial charge in [0.1, 0.15) is 0 Å². The molecule has 6 heteroatoms. The van der Waals surface area contributed by atoms with Crippen molar-refractivity contribution >= 4 is 5.78 Å². The molecule has 2 bridgehead atoms. The molecule has 28 heavy (non-hydrogen) atoms. The molecule has 3 aliphatic carbocycles. The number of nitrogens with zero attached hydrogens (tertiary/aromatic N) is 4. The highest BCUT2D eigenvalue weighted by atomic mass is 16.1. The number of piperidine rings is 1. The number of ketones is 1. The molecule has 3 atom stereocenters. The number of H-pyrrole nitrogens is 1. The van der Waals surface area contributed by atoms with Crippen LogP contribution in [0.4, 0.5) is 0 Å². The van der Waals surface area contributed by atoms with E-state index in [-0.39, 0.29) is 11.5 Å². The van der Waals surface area contributed by atoms with Gasteiger partial charge in [-0.3, -0.25) is 9.69 Å². The van der Waals surface area contributed by atoms with Crippen LogP contribution in [0.2, 0.25) is 0 Å². The molecule has 6 nitrogen and oxygen atoms in total. The fourth-order valence-corrected chi connectivity index (χ4v) is 6.56. The van der Waals surface area contributed by atoms with E-state index in [2.05, 4.69) is 31.6 Å². The van der Waals surface area contributed by atoms with Crippen molar-refractivity contribution < 1.29 is 4.79 Å². The summed E-state index contributed by atoms with van der Waals surface area (Å²) in [6.45, 7) is 2.19. The van der Waals surface area contributed by atoms with Crippen molar-refractivity contribution in [1.82, 2.24) is 25.5 Å². The molecule has 6 rings (SSSR count). The summed E-state index contributed by atoms with van der Waals surface area (Å²) in [7, 11) is 0. The average molecular weight is 377 g/mol. The number of benzene rings is 1. The highest BCUT2D eigenvalue weighted by Gasteiger charge is 2.57. The first-order chi connectivity index (χ1) is 13.8. The molecule has 4 aliphatic rings. The molecule has 0 amide bonds. The molecule has 2 aromatic rings. The number of hydrogen-bond donors (Lipinski definition) is 1. The minimum absolute atomic E-state index is 0.0955. The molecule has 2 saturated carbocycles. The van der Waals surface area contributed by atoms with E-state index in [1.807, 2.05) is 12.1 Å². The van der Waals surface area contributed by atoms with Crippen LogP contribution >= 0.6 is 0 Å². The Hall–Kier alpha value is -2.08. The second kappa shape index (κ2) is 6.21. The Kier molecular flexibility index (Phi) is 3.73. The molecule has 1 N–H and O–H groups in total. The predicted molar refractivity (Wildman–Crippen MR) is 105 cm³/mol. The van der Waals surface area contributed by atoms with Crippen LogP contribution in [0, 0.1) is 11.8 Å². The van der Waals surface area contributed by atoms with Crippen LogP contribution in [0.1, 0.15) is 67.3 Å². The summed E-state index contributed by atoms with van der Waals surface area (Å²) >= 11 is 0. The second-order valence-corrected chi connectivity index (χ2v) is 9.36. The minimum Gasteiger partial charge on any atom is -0.293 e. The zero-order valence-electron chi connectivity index (χ0n) is 16.2. The number of aromatic nitrogens is 4. The number of rotatable bonds is 3. The van der Waals surface area contributed by atoms with Gasteiger partial charge in [0.05, 0.1) is 6.04 Å². The second-order valence-electron chi connectivity index (χ2n) is 9.36. The Morgan fingerprint density at radius 3 is 2.86 bits per heavy atom. The molecule has 1 aromatic heterocycles. The van der Waals surface area contributed by atoms with Gasteiger partial charge >= 0.3 is 0 Å². The van der Waals surface area contributed by atoms with Crippen LogP contribution in [-0.4, -0.2) is 50.4 Å². The van der Waals surface area contributed by atoms with Crippen LogP contribution < -0.4 is 0 Å². The molecule has 146 valence electrons. The SMILES string of the molecule is O=C1c2ccc(-c3nn[nH]n3)cc2[C@@]23CCCC[C@H]2[C@@H]1N(CC1CCC1)CC3. The lowest BCUT2D eigenvalue weighted by Crippen LogP contribution is -2.64. The van der Waals surface area contributed by atoms with Crippen LogP contribution in [0.15, 0.2) is 18.2 Å². The normalized spacial score (nSPS) is 32.5. The summed E-state index contributed by atoms with van der Waals surface area (Å²) in [5.41, 5.74) is 3.34. The fraction of sp³-hybridized carbons (Fsp3) is 0.636. The Bertz CT molecular complexity index is 906. The zero-order chi connectivity index (χ0) is 18.7. The van der Waals surface area contributed by atoms with E-state index in [1.165, 1.54) is 56.9 Å². The minimum atomic E-state index is 0.0955. The zero-order valence-corrected chi connectivity index (χ0v) is 16.2. The highest BCUT2D eigenvalue weighted by Crippen LogP contribution is 2.56. The molecular weight excluding hydrogens is 350 g/mol. The van der Waals surface area contributed by atoms with Crippen molar-refractivity contribution in [2.45, 2.75) is 62.8 Å². The number of aromatic amines is 1. The van der Waals surface area contributed by atoms with Crippen molar-refractivity contribution in [3.8, 4) is 11.4 Å². The summed E-state index contributed by atoms with van der Waals surface area (Å²) in [6, 6.07) is 6.33. The lowest BCUT2D eigenvalue weighted by molar-refractivity contribution is -0.0134. The number of fused-ring (bicyclic) bond motifs is 1. The third kappa shape index (κ3) is 2.30. The summed E-state index contributed by atoms with van der Waals surface area (Å²) in [4.78, 5) is 16.2. The topological polar surface area (TPSA) is 74.8 Å². The molecular formula is C22H27N5O. The predicted octanol–water partition coefficient (Wildman–Crippen LogP) is 3.37. The number of nitrogens with one attached hydrogen (secondary N) is 1. The van der Waals surface area contributed by atoms with E-state index in [1.54, 1.807) is 0 Å². The number of carbonyl (C=O) groups excluding carboxylic acids is 1. The van der Waals surface area contributed by atoms with Crippen molar-refractivity contribution in [3.05, 3.63) is 29.3 Å². The van der Waals surface area contributed by atoms with Crippen molar-refractivity contribution in [3.63, 3.8) is 0 Å².